The number of carbonyl (C=O) groups is 1. The van der Waals surface area contributed by atoms with Gasteiger partial charge < -0.3 is 28.8 Å². The zero-order chi connectivity index (χ0) is 45.0. The fraction of sp³-hybridized carbons (Fsp3) is 0.750. The molecule has 0 aromatic heterocycles. The number of amides is 1. The summed E-state index contributed by atoms with van der Waals surface area (Å²) in [5.74, 6) is -0.224. The highest BCUT2D eigenvalue weighted by atomic mass is 31.2. The van der Waals surface area contributed by atoms with E-state index in [-0.39, 0.29) is 12.5 Å². The summed E-state index contributed by atoms with van der Waals surface area (Å²) >= 11 is 0. The van der Waals surface area contributed by atoms with Crippen molar-refractivity contribution < 1.29 is 32.9 Å². The molecule has 9 heteroatoms. The van der Waals surface area contributed by atoms with Crippen LogP contribution in [-0.4, -0.2) is 68.5 Å². The number of rotatable bonds is 44. The lowest BCUT2D eigenvalue weighted by Gasteiger charge is -2.29. The van der Waals surface area contributed by atoms with Gasteiger partial charge in [0.1, 0.15) is 13.2 Å². The van der Waals surface area contributed by atoms with E-state index in [1.165, 1.54) is 103 Å². The number of phosphoric ester groups is 1. The van der Waals surface area contributed by atoms with Gasteiger partial charge in [0.2, 0.25) is 5.91 Å². The smallest absolute Gasteiger partial charge is 0.268 e. The predicted molar refractivity (Wildman–Crippen MR) is 260 cm³/mol. The Morgan fingerprint density at radius 2 is 1.02 bits per heavy atom. The van der Waals surface area contributed by atoms with E-state index in [4.69, 9.17) is 9.05 Å². The minimum Gasteiger partial charge on any atom is -0.756 e. The highest BCUT2D eigenvalue weighted by Gasteiger charge is 2.23. The number of aliphatic hydroxyl groups is 1. The Balaban J connectivity index is 4.43. The molecule has 2 N–H and O–H groups in total. The summed E-state index contributed by atoms with van der Waals surface area (Å²) in [5, 5.41) is 13.8. The fourth-order valence-electron chi connectivity index (χ4n) is 6.75. The second-order valence-corrected chi connectivity index (χ2v) is 19.2. The van der Waals surface area contributed by atoms with Gasteiger partial charge >= 0.3 is 0 Å². The molecular formula is C52H95N2O6P. The van der Waals surface area contributed by atoms with E-state index in [0.29, 0.717) is 17.4 Å². The molecule has 354 valence electrons. The third-order valence-electron chi connectivity index (χ3n) is 10.7. The van der Waals surface area contributed by atoms with Crippen molar-refractivity contribution in [2.75, 3.05) is 40.9 Å². The van der Waals surface area contributed by atoms with Crippen molar-refractivity contribution >= 4 is 13.7 Å². The number of unbranched alkanes of at least 4 members (excludes halogenated alkanes) is 21. The van der Waals surface area contributed by atoms with Gasteiger partial charge in [0.15, 0.2) is 0 Å². The summed E-state index contributed by atoms with van der Waals surface area (Å²) in [6.07, 6.45) is 58.1. The quantitative estimate of drug-likeness (QED) is 0.0273. The number of nitrogens with zero attached hydrogens (tertiary/aromatic N) is 1. The van der Waals surface area contributed by atoms with Crippen LogP contribution in [0.1, 0.15) is 200 Å². The summed E-state index contributed by atoms with van der Waals surface area (Å²) in [4.78, 5) is 25.4. The average Bonchev–Trinajstić information content (AvgIpc) is 3.21. The van der Waals surface area contributed by atoms with E-state index in [9.17, 15) is 19.4 Å². The van der Waals surface area contributed by atoms with Crippen LogP contribution in [0.3, 0.4) is 0 Å². The van der Waals surface area contributed by atoms with Gasteiger partial charge in [-0.25, -0.2) is 0 Å². The van der Waals surface area contributed by atoms with Crippen LogP contribution >= 0.6 is 7.82 Å². The maximum absolute atomic E-state index is 12.9. The van der Waals surface area contributed by atoms with Gasteiger partial charge in [-0.1, -0.05) is 196 Å². The first-order valence-electron chi connectivity index (χ1n) is 24.8. The first-order valence-corrected chi connectivity index (χ1v) is 26.3. The molecule has 0 aromatic rings. The molecule has 0 saturated heterocycles. The minimum absolute atomic E-state index is 0.0128. The van der Waals surface area contributed by atoms with Gasteiger partial charge in [-0.05, 0) is 70.6 Å². The van der Waals surface area contributed by atoms with Gasteiger partial charge in [0, 0.05) is 6.42 Å². The van der Waals surface area contributed by atoms with Gasteiger partial charge in [-0.2, -0.15) is 0 Å². The molecule has 3 atom stereocenters. The van der Waals surface area contributed by atoms with Crippen LogP contribution in [0.4, 0.5) is 0 Å². The van der Waals surface area contributed by atoms with Gasteiger partial charge in [0.05, 0.1) is 39.9 Å². The summed E-state index contributed by atoms with van der Waals surface area (Å²) in [5.41, 5.74) is 0. The molecular weight excluding hydrogens is 780 g/mol. The van der Waals surface area contributed by atoms with Crippen molar-refractivity contribution in [2.24, 2.45) is 0 Å². The Kier molecular flexibility index (Phi) is 41.7. The maximum Gasteiger partial charge on any atom is 0.268 e. The number of phosphoric acid groups is 1. The Hall–Kier alpha value is -2.06. The summed E-state index contributed by atoms with van der Waals surface area (Å²) in [7, 11) is 1.22. The van der Waals surface area contributed by atoms with Crippen molar-refractivity contribution in [3.05, 3.63) is 72.9 Å². The van der Waals surface area contributed by atoms with Crippen molar-refractivity contribution in [3.8, 4) is 0 Å². The molecule has 0 spiro atoms. The second kappa shape index (κ2) is 43.2. The van der Waals surface area contributed by atoms with Crippen LogP contribution in [0.25, 0.3) is 0 Å². The number of quaternary nitrogens is 1. The number of aliphatic hydroxyl groups excluding tert-OH is 1. The third kappa shape index (κ3) is 45.8. The first-order chi connectivity index (χ1) is 29.5. The van der Waals surface area contributed by atoms with Crippen molar-refractivity contribution in [1.82, 2.24) is 5.32 Å². The van der Waals surface area contributed by atoms with Crippen molar-refractivity contribution in [2.45, 2.75) is 212 Å². The zero-order valence-corrected chi connectivity index (χ0v) is 41.0. The number of likely N-dealkylation sites (N-methyl/N-ethyl adjacent to an activating group) is 1. The minimum atomic E-state index is -4.61. The van der Waals surface area contributed by atoms with Crippen LogP contribution < -0.4 is 10.2 Å². The molecule has 0 saturated carbocycles. The first kappa shape index (κ1) is 58.9. The normalized spacial score (nSPS) is 14.8. The highest BCUT2D eigenvalue weighted by Crippen LogP contribution is 2.38. The average molecular weight is 875 g/mol. The molecule has 1 amide bonds. The molecule has 0 rings (SSSR count). The molecule has 0 radical (unpaired) electrons. The van der Waals surface area contributed by atoms with Crippen molar-refractivity contribution in [3.63, 3.8) is 0 Å². The molecule has 8 nitrogen and oxygen atoms in total. The van der Waals surface area contributed by atoms with Crippen LogP contribution in [-0.2, 0) is 18.4 Å². The summed E-state index contributed by atoms with van der Waals surface area (Å²) in [6.45, 7) is 4.50. The molecule has 0 aromatic carbocycles. The summed E-state index contributed by atoms with van der Waals surface area (Å²) in [6, 6.07) is -0.915. The van der Waals surface area contributed by atoms with E-state index in [1.54, 1.807) is 6.08 Å². The zero-order valence-electron chi connectivity index (χ0n) is 40.1. The maximum atomic E-state index is 12.9. The van der Waals surface area contributed by atoms with E-state index in [0.717, 1.165) is 77.0 Å². The van der Waals surface area contributed by atoms with E-state index < -0.39 is 26.6 Å². The lowest BCUT2D eigenvalue weighted by atomic mass is 10.0. The Morgan fingerprint density at radius 3 is 1.52 bits per heavy atom. The molecule has 0 aliphatic carbocycles. The summed E-state index contributed by atoms with van der Waals surface area (Å²) < 4.78 is 23.2. The number of hydrogen-bond donors (Lipinski definition) is 2. The lowest BCUT2D eigenvalue weighted by molar-refractivity contribution is -0.870. The van der Waals surface area contributed by atoms with E-state index in [1.807, 2.05) is 27.2 Å². The van der Waals surface area contributed by atoms with Gasteiger partial charge in [0.25, 0.3) is 7.82 Å². The monoisotopic (exact) mass is 875 g/mol. The SMILES string of the molecule is CC/C=C\C/C=C\C/C=C\C/C=C\CCCCCCCCC(=O)NC(COP(=O)([O-])OCC[N+](C)(C)C)C(O)/C=C/CC/C=C/CCCCCCCCCCCCCCCC. The Labute approximate surface area is 376 Å². The number of hydrogen-bond acceptors (Lipinski definition) is 6. The Morgan fingerprint density at radius 1 is 0.590 bits per heavy atom. The number of allylic oxidation sites excluding steroid dienone is 11. The van der Waals surface area contributed by atoms with E-state index in [2.05, 4.69) is 79.9 Å². The van der Waals surface area contributed by atoms with Crippen LogP contribution in [0, 0.1) is 0 Å². The molecule has 0 aliphatic heterocycles. The molecule has 0 fully saturated rings. The third-order valence-corrected chi connectivity index (χ3v) is 11.6. The van der Waals surface area contributed by atoms with Crippen LogP contribution in [0.15, 0.2) is 72.9 Å². The molecule has 0 bridgehead atoms. The molecule has 61 heavy (non-hydrogen) atoms. The van der Waals surface area contributed by atoms with E-state index >= 15 is 0 Å². The van der Waals surface area contributed by atoms with Crippen LogP contribution in [0.2, 0.25) is 0 Å². The number of carbonyl (C=O) groups excluding carboxylic acids is 1. The van der Waals surface area contributed by atoms with Gasteiger partial charge in [-0.3, -0.25) is 9.36 Å². The van der Waals surface area contributed by atoms with Crippen LogP contribution in [0.5, 0.6) is 0 Å². The lowest BCUT2D eigenvalue weighted by Crippen LogP contribution is -2.45. The van der Waals surface area contributed by atoms with Gasteiger partial charge in [-0.15, -0.1) is 0 Å². The molecule has 3 unspecified atom stereocenters. The fourth-order valence-corrected chi connectivity index (χ4v) is 7.47. The standard InChI is InChI=1S/C52H95N2O6P/c1-6-8-10-12-14-16-18-20-22-24-26-28-29-31-33-35-37-39-41-43-45-51(55)50(49-60-61(57,58)59-48-47-54(3,4)5)53-52(56)46-44-42-40-38-36-34-32-30-27-25-23-21-19-17-15-13-11-9-7-2/h9,11,15,17,21,23,27,30,35,37,43,45,50-51,55H,6-8,10,12-14,16,18-20,22,24-26,28-29,31-34,36,38-42,44,46-49H2,1-5H3,(H-,53,56,57,58)/b11-9-,17-15-,23-21-,30-27-,37-35+,45-43+. The molecule has 0 heterocycles. The largest absolute Gasteiger partial charge is 0.756 e. The predicted octanol–water partition coefficient (Wildman–Crippen LogP) is 13.7. The topological polar surface area (TPSA) is 108 Å². The van der Waals surface area contributed by atoms with Crippen molar-refractivity contribution in [1.29, 1.82) is 0 Å². The number of nitrogens with one attached hydrogen (secondary N) is 1. The highest BCUT2D eigenvalue weighted by molar-refractivity contribution is 7.45. The Bertz CT molecular complexity index is 1220. The molecule has 0 aliphatic rings. The second-order valence-electron chi connectivity index (χ2n) is 17.8.